The van der Waals surface area contributed by atoms with Crippen molar-refractivity contribution in [2.75, 3.05) is 58.9 Å². The molecule has 34 heavy (non-hydrogen) atoms. The molecule has 0 aliphatic carbocycles. The first-order chi connectivity index (χ1) is 16.5. The number of carbonyl (C=O) groups excluding carboxylic acids is 4. The van der Waals surface area contributed by atoms with Crippen LogP contribution in [0.4, 0.5) is 0 Å². The lowest BCUT2D eigenvalue weighted by atomic mass is 9.70. The maximum absolute atomic E-state index is 14.7. The number of likely N-dealkylation sites (tertiary alicyclic amines) is 2. The van der Waals surface area contributed by atoms with E-state index in [1.54, 1.807) is 6.07 Å². The van der Waals surface area contributed by atoms with Gasteiger partial charge in [0.2, 0.25) is 11.2 Å². The first kappa shape index (κ1) is 24.9. The second-order valence-corrected chi connectivity index (χ2v) is 9.61. The van der Waals surface area contributed by atoms with Crippen LogP contribution in [-0.4, -0.2) is 103 Å². The summed E-state index contributed by atoms with van der Waals surface area (Å²) in [4.78, 5) is 60.9. The van der Waals surface area contributed by atoms with Crippen LogP contribution in [-0.2, 0) is 24.6 Å². The molecule has 1 N–H and O–H groups in total. The number of carbonyl (C=O) groups is 4. The summed E-state index contributed by atoms with van der Waals surface area (Å²) in [5, 5.41) is 3.27. The van der Waals surface area contributed by atoms with Crippen molar-refractivity contribution in [3.05, 3.63) is 24.2 Å². The average Bonchev–Trinajstić information content (AvgIpc) is 3.64. The number of furan rings is 1. The van der Waals surface area contributed by atoms with E-state index >= 15 is 0 Å². The number of piperazine rings is 1. The van der Waals surface area contributed by atoms with E-state index < -0.39 is 22.6 Å². The Labute approximate surface area is 200 Å². The number of Topliss-reactive ketones (excluding diaryl/α,β-unsaturated/α-hetero) is 3. The van der Waals surface area contributed by atoms with Crippen LogP contribution in [0.2, 0.25) is 0 Å². The normalized spacial score (nSPS) is 23.9. The Balaban J connectivity index is 1.80. The number of aldehydes is 1. The highest BCUT2D eigenvalue weighted by Gasteiger charge is 2.64. The summed E-state index contributed by atoms with van der Waals surface area (Å²) in [5.74, 6) is -1.55. The lowest BCUT2D eigenvalue weighted by Gasteiger charge is -2.50. The van der Waals surface area contributed by atoms with Gasteiger partial charge in [-0.3, -0.25) is 24.2 Å². The molecule has 0 bridgehead atoms. The lowest BCUT2D eigenvalue weighted by Crippen LogP contribution is -2.75. The summed E-state index contributed by atoms with van der Waals surface area (Å²) < 4.78 is 5.58. The van der Waals surface area contributed by atoms with Gasteiger partial charge in [0.05, 0.1) is 6.26 Å². The van der Waals surface area contributed by atoms with Gasteiger partial charge in [0, 0.05) is 52.2 Å². The first-order valence-electron chi connectivity index (χ1n) is 12.5. The summed E-state index contributed by atoms with van der Waals surface area (Å²) in [5.41, 5.74) is -3.85. The Hall–Kier alpha value is -2.20. The minimum Gasteiger partial charge on any atom is -0.467 e. The van der Waals surface area contributed by atoms with E-state index in [4.69, 9.17) is 4.42 Å². The standard InChI is InChI=1S/C25H36N4O5/c1-20(31)25(28-13-4-5-14-28,29-16-9-26-10-17-29)23(33)24(19-30,22-7-6-18-34-22)21(32)8-15-27-11-2-3-12-27/h6-7,18-19,26H,2-5,8-17H2,1H3. The molecule has 3 aliphatic heterocycles. The van der Waals surface area contributed by atoms with Crippen LogP contribution in [0.25, 0.3) is 0 Å². The van der Waals surface area contributed by atoms with Gasteiger partial charge in [-0.1, -0.05) is 0 Å². The summed E-state index contributed by atoms with van der Waals surface area (Å²) in [7, 11) is 0. The second-order valence-electron chi connectivity index (χ2n) is 9.61. The third kappa shape index (κ3) is 4.19. The third-order valence-electron chi connectivity index (χ3n) is 7.68. The highest BCUT2D eigenvalue weighted by atomic mass is 16.3. The average molecular weight is 473 g/mol. The van der Waals surface area contributed by atoms with Crippen LogP contribution >= 0.6 is 0 Å². The fourth-order valence-electron chi connectivity index (χ4n) is 5.92. The summed E-state index contributed by atoms with van der Waals surface area (Å²) >= 11 is 0. The van der Waals surface area contributed by atoms with Gasteiger partial charge in [-0.05, 0) is 57.8 Å². The van der Waals surface area contributed by atoms with Crippen LogP contribution < -0.4 is 5.32 Å². The van der Waals surface area contributed by atoms with Crippen molar-refractivity contribution in [3.8, 4) is 0 Å². The smallest absolute Gasteiger partial charge is 0.204 e. The number of ketones is 3. The predicted octanol–water partition coefficient (Wildman–Crippen LogP) is 0.627. The SMILES string of the molecule is CC(=O)C(C(=O)C(C=O)(C(=O)CCN1CCCC1)c1ccco1)(N1CCCC1)N1CCNCC1. The number of hydrogen-bond donors (Lipinski definition) is 1. The quantitative estimate of drug-likeness (QED) is 0.367. The minimum atomic E-state index is -2.16. The molecule has 2 unspecified atom stereocenters. The molecule has 1 aromatic rings. The van der Waals surface area contributed by atoms with Crippen molar-refractivity contribution in [3.63, 3.8) is 0 Å². The molecule has 2 atom stereocenters. The van der Waals surface area contributed by atoms with Crippen molar-refractivity contribution >= 4 is 23.6 Å². The molecule has 0 aromatic carbocycles. The van der Waals surface area contributed by atoms with Crippen LogP contribution in [0, 0.1) is 0 Å². The van der Waals surface area contributed by atoms with Crippen molar-refractivity contribution in [2.24, 2.45) is 0 Å². The van der Waals surface area contributed by atoms with Gasteiger partial charge in [0.1, 0.15) is 12.0 Å². The largest absolute Gasteiger partial charge is 0.467 e. The molecule has 186 valence electrons. The molecular weight excluding hydrogens is 436 g/mol. The molecule has 1 aromatic heterocycles. The van der Waals surface area contributed by atoms with Gasteiger partial charge in [0.25, 0.3) is 0 Å². The highest BCUT2D eigenvalue weighted by molar-refractivity contribution is 6.31. The summed E-state index contributed by atoms with van der Waals surface area (Å²) in [6.07, 6.45) is 5.70. The minimum absolute atomic E-state index is 0.00104. The van der Waals surface area contributed by atoms with Gasteiger partial charge in [0.15, 0.2) is 17.2 Å². The van der Waals surface area contributed by atoms with Gasteiger partial charge in [-0.25, -0.2) is 0 Å². The molecular formula is C25H36N4O5. The van der Waals surface area contributed by atoms with Gasteiger partial charge >= 0.3 is 0 Å². The van der Waals surface area contributed by atoms with Gasteiger partial charge in [-0.15, -0.1) is 0 Å². The zero-order chi connectivity index (χ0) is 24.2. The van der Waals surface area contributed by atoms with Crippen LogP contribution in [0.3, 0.4) is 0 Å². The third-order valence-corrected chi connectivity index (χ3v) is 7.68. The van der Waals surface area contributed by atoms with E-state index in [2.05, 4.69) is 10.2 Å². The maximum atomic E-state index is 14.7. The summed E-state index contributed by atoms with van der Waals surface area (Å²) in [6.45, 7) is 6.99. The Kier molecular flexibility index (Phi) is 7.77. The molecule has 3 aliphatic rings. The molecule has 9 heteroatoms. The Bertz CT molecular complexity index is 885. The van der Waals surface area contributed by atoms with E-state index in [-0.39, 0.29) is 18.0 Å². The molecule has 0 spiro atoms. The fraction of sp³-hybridized carbons (Fsp3) is 0.680. The Morgan fingerprint density at radius 2 is 1.62 bits per heavy atom. The first-order valence-corrected chi connectivity index (χ1v) is 12.5. The van der Waals surface area contributed by atoms with E-state index in [1.165, 1.54) is 19.3 Å². The molecule has 3 fully saturated rings. The molecule has 4 heterocycles. The van der Waals surface area contributed by atoms with Crippen molar-refractivity contribution in [1.82, 2.24) is 20.0 Å². The van der Waals surface area contributed by atoms with Gasteiger partial charge in [-0.2, -0.15) is 0 Å². The molecule has 0 saturated carbocycles. The zero-order valence-corrected chi connectivity index (χ0v) is 20.1. The Morgan fingerprint density at radius 1 is 1.00 bits per heavy atom. The van der Waals surface area contributed by atoms with Crippen molar-refractivity contribution in [2.45, 2.75) is 50.1 Å². The van der Waals surface area contributed by atoms with Crippen molar-refractivity contribution < 1.29 is 23.6 Å². The fourth-order valence-corrected chi connectivity index (χ4v) is 5.92. The van der Waals surface area contributed by atoms with Crippen LogP contribution in [0.15, 0.2) is 22.8 Å². The number of hydrogen-bond acceptors (Lipinski definition) is 9. The van der Waals surface area contributed by atoms with E-state index in [0.29, 0.717) is 52.1 Å². The number of nitrogens with zero attached hydrogens (tertiary/aromatic N) is 3. The van der Waals surface area contributed by atoms with Gasteiger partial charge < -0.3 is 19.4 Å². The van der Waals surface area contributed by atoms with E-state index in [9.17, 15) is 19.2 Å². The highest BCUT2D eigenvalue weighted by Crippen LogP contribution is 2.38. The molecule has 9 nitrogen and oxygen atoms in total. The maximum Gasteiger partial charge on any atom is 0.204 e. The number of nitrogens with one attached hydrogen (secondary N) is 1. The molecule has 3 saturated heterocycles. The van der Waals surface area contributed by atoms with E-state index in [0.717, 1.165) is 38.8 Å². The van der Waals surface area contributed by atoms with Crippen molar-refractivity contribution in [1.29, 1.82) is 0 Å². The van der Waals surface area contributed by atoms with Crippen LogP contribution in [0.5, 0.6) is 0 Å². The summed E-state index contributed by atoms with van der Waals surface area (Å²) in [6, 6.07) is 3.08. The second kappa shape index (κ2) is 10.6. The molecule has 4 rings (SSSR count). The topological polar surface area (TPSA) is 103 Å². The Morgan fingerprint density at radius 3 is 2.18 bits per heavy atom. The number of rotatable bonds is 11. The molecule has 0 radical (unpaired) electrons. The van der Waals surface area contributed by atoms with Crippen LogP contribution in [0.1, 0.15) is 44.8 Å². The molecule has 0 amide bonds. The lowest BCUT2D eigenvalue weighted by molar-refractivity contribution is -0.165. The van der Waals surface area contributed by atoms with E-state index in [1.807, 2.05) is 9.80 Å². The monoisotopic (exact) mass is 472 g/mol. The predicted molar refractivity (Wildman–Crippen MR) is 125 cm³/mol. The zero-order valence-electron chi connectivity index (χ0n) is 20.1.